The lowest BCUT2D eigenvalue weighted by atomic mass is 10.1. The van der Waals surface area contributed by atoms with Gasteiger partial charge < -0.3 is 33.9 Å². The SMILES string of the molecule is CCNC(=O)c1cc(OC)c2c(nc(-c3ccc(N4[C@@H](C)CC[C@@H]4C)nc3)n2C[C@@H]2CN(C(=O)OC(C)(C)C)CCO2)c1F. The van der Waals surface area contributed by atoms with Gasteiger partial charge in [0.1, 0.15) is 34.0 Å². The van der Waals surface area contributed by atoms with Gasteiger partial charge in [-0.25, -0.2) is 19.2 Å². The zero-order valence-electron chi connectivity index (χ0n) is 26.6. The van der Waals surface area contributed by atoms with Gasteiger partial charge in [-0.05, 0) is 72.6 Å². The Labute approximate surface area is 257 Å². The molecule has 4 heterocycles. The Morgan fingerprint density at radius 1 is 1.18 bits per heavy atom. The summed E-state index contributed by atoms with van der Waals surface area (Å²) < 4.78 is 35.2. The minimum atomic E-state index is -0.740. The van der Waals surface area contributed by atoms with E-state index in [-0.39, 0.29) is 24.2 Å². The number of carbonyl (C=O) groups is 2. The summed E-state index contributed by atoms with van der Waals surface area (Å²) in [6.45, 7) is 13.2. The van der Waals surface area contributed by atoms with Crippen molar-refractivity contribution < 1.29 is 28.2 Å². The fraction of sp³-hybridized carbons (Fsp3) is 0.562. The highest BCUT2D eigenvalue weighted by atomic mass is 19.1. The number of rotatable bonds is 7. The van der Waals surface area contributed by atoms with E-state index in [2.05, 4.69) is 24.1 Å². The first kappa shape index (κ1) is 31.5. The van der Waals surface area contributed by atoms with Crippen molar-refractivity contribution in [1.29, 1.82) is 0 Å². The Morgan fingerprint density at radius 3 is 2.52 bits per heavy atom. The highest BCUT2D eigenvalue weighted by Crippen LogP contribution is 2.36. The maximum absolute atomic E-state index is 16.0. The smallest absolute Gasteiger partial charge is 0.410 e. The highest BCUT2D eigenvalue weighted by Gasteiger charge is 2.32. The number of morpholine rings is 1. The standard InChI is InChI=1S/C32H43FN6O5/c1-8-34-30(40)23-15-24(42-7)28-27(26(23)33)36-29(21-11-12-25(35-16-21)39-19(2)9-10-20(39)3)38(28)18-22-17-37(13-14-43-22)31(41)44-32(4,5)6/h11-12,15-16,19-20,22H,8-10,13-14,17-18H2,1-7H3,(H,34,40)/t19-,20-,22-/m0/s1. The number of fused-ring (bicyclic) bond motifs is 1. The lowest BCUT2D eigenvalue weighted by Crippen LogP contribution is -2.48. The van der Waals surface area contributed by atoms with E-state index in [4.69, 9.17) is 24.2 Å². The number of halogens is 1. The second-order valence-electron chi connectivity index (χ2n) is 12.5. The quantitative estimate of drug-likeness (QED) is 0.398. The number of hydrogen-bond donors (Lipinski definition) is 1. The molecule has 0 radical (unpaired) electrons. The van der Waals surface area contributed by atoms with Crippen molar-refractivity contribution in [1.82, 2.24) is 24.8 Å². The highest BCUT2D eigenvalue weighted by molar-refractivity contribution is 6.00. The van der Waals surface area contributed by atoms with E-state index in [9.17, 15) is 9.59 Å². The number of imidazole rings is 1. The number of ether oxygens (including phenoxy) is 3. The summed E-state index contributed by atoms with van der Waals surface area (Å²) in [4.78, 5) is 39.1. The van der Waals surface area contributed by atoms with Crippen molar-refractivity contribution in [2.75, 3.05) is 38.3 Å². The molecule has 0 unspecified atom stereocenters. The summed E-state index contributed by atoms with van der Waals surface area (Å²) in [6.07, 6.45) is 3.10. The molecule has 12 heteroatoms. The number of hydrogen-bond acceptors (Lipinski definition) is 8. The van der Waals surface area contributed by atoms with Crippen molar-refractivity contribution in [2.45, 2.75) is 84.7 Å². The molecule has 2 aliphatic rings. The van der Waals surface area contributed by atoms with Crippen LogP contribution in [0.15, 0.2) is 24.4 Å². The molecule has 2 aromatic heterocycles. The van der Waals surface area contributed by atoms with Crippen LogP contribution in [-0.2, 0) is 16.0 Å². The minimum absolute atomic E-state index is 0.00581. The van der Waals surface area contributed by atoms with Crippen molar-refractivity contribution in [3.63, 3.8) is 0 Å². The van der Waals surface area contributed by atoms with E-state index >= 15 is 4.39 Å². The zero-order chi connectivity index (χ0) is 31.8. The molecule has 238 valence electrons. The van der Waals surface area contributed by atoms with E-state index in [0.29, 0.717) is 54.4 Å². The summed E-state index contributed by atoms with van der Waals surface area (Å²) in [5.41, 5.74) is 0.283. The molecule has 0 bridgehead atoms. The number of amides is 2. The van der Waals surface area contributed by atoms with Gasteiger partial charge in [0.25, 0.3) is 5.91 Å². The van der Waals surface area contributed by atoms with Crippen LogP contribution < -0.4 is 15.0 Å². The van der Waals surface area contributed by atoms with Crippen molar-refractivity contribution >= 4 is 28.9 Å². The number of nitrogens with one attached hydrogen (secondary N) is 1. The van der Waals surface area contributed by atoms with Crippen LogP contribution in [0.2, 0.25) is 0 Å². The molecule has 0 aliphatic carbocycles. The van der Waals surface area contributed by atoms with Crippen LogP contribution >= 0.6 is 0 Å². The molecule has 2 saturated heterocycles. The third-order valence-electron chi connectivity index (χ3n) is 8.12. The topological polar surface area (TPSA) is 111 Å². The Hall–Kier alpha value is -3.93. The van der Waals surface area contributed by atoms with Crippen LogP contribution in [0.3, 0.4) is 0 Å². The van der Waals surface area contributed by atoms with Crippen LogP contribution in [0.5, 0.6) is 5.75 Å². The van der Waals surface area contributed by atoms with Crippen LogP contribution in [0, 0.1) is 5.82 Å². The third-order valence-corrected chi connectivity index (χ3v) is 8.12. The minimum Gasteiger partial charge on any atom is -0.494 e. The molecule has 2 amide bonds. The van der Waals surface area contributed by atoms with Crippen LogP contribution in [0.25, 0.3) is 22.4 Å². The van der Waals surface area contributed by atoms with Gasteiger partial charge >= 0.3 is 6.09 Å². The Balaban J connectivity index is 1.57. The second-order valence-corrected chi connectivity index (χ2v) is 12.5. The number of benzene rings is 1. The Kier molecular flexibility index (Phi) is 9.01. The molecule has 2 fully saturated rings. The molecule has 1 aromatic carbocycles. The summed E-state index contributed by atoms with van der Waals surface area (Å²) in [7, 11) is 1.47. The van der Waals surface area contributed by atoms with E-state index in [1.165, 1.54) is 13.2 Å². The molecule has 2 aliphatic heterocycles. The summed E-state index contributed by atoms with van der Waals surface area (Å²) >= 11 is 0. The monoisotopic (exact) mass is 610 g/mol. The van der Waals surface area contributed by atoms with Crippen LogP contribution in [0.4, 0.5) is 15.0 Å². The second kappa shape index (κ2) is 12.6. The molecular weight excluding hydrogens is 567 g/mol. The van der Waals surface area contributed by atoms with Gasteiger partial charge in [0.15, 0.2) is 5.82 Å². The molecule has 3 atom stereocenters. The summed E-state index contributed by atoms with van der Waals surface area (Å²) in [5.74, 6) is 0.330. The van der Waals surface area contributed by atoms with Gasteiger partial charge in [-0.2, -0.15) is 0 Å². The van der Waals surface area contributed by atoms with Gasteiger partial charge in [0.05, 0.1) is 38.5 Å². The Bertz CT molecular complexity index is 1510. The molecule has 0 saturated carbocycles. The van der Waals surface area contributed by atoms with E-state index in [1.54, 1.807) is 18.0 Å². The van der Waals surface area contributed by atoms with Gasteiger partial charge in [-0.15, -0.1) is 0 Å². The average Bonchev–Trinajstić information content (AvgIpc) is 3.52. The van der Waals surface area contributed by atoms with Crippen LogP contribution in [0.1, 0.15) is 64.7 Å². The molecular formula is C32H43FN6O5. The Morgan fingerprint density at radius 2 is 1.91 bits per heavy atom. The fourth-order valence-corrected chi connectivity index (χ4v) is 6.06. The molecule has 1 N–H and O–H groups in total. The maximum Gasteiger partial charge on any atom is 0.410 e. The van der Waals surface area contributed by atoms with Gasteiger partial charge in [-0.3, -0.25) is 4.79 Å². The molecule has 3 aromatic rings. The van der Waals surface area contributed by atoms with Crippen molar-refractivity contribution in [2.24, 2.45) is 0 Å². The first-order valence-corrected chi connectivity index (χ1v) is 15.3. The molecule has 11 nitrogen and oxygen atoms in total. The summed E-state index contributed by atoms with van der Waals surface area (Å²) in [5, 5.41) is 2.66. The normalized spacial score (nSPS) is 20.7. The third kappa shape index (κ3) is 6.31. The average molecular weight is 611 g/mol. The van der Waals surface area contributed by atoms with E-state index in [1.807, 2.05) is 37.5 Å². The number of aromatic nitrogens is 3. The maximum atomic E-state index is 16.0. The van der Waals surface area contributed by atoms with Gasteiger partial charge in [0.2, 0.25) is 0 Å². The fourth-order valence-electron chi connectivity index (χ4n) is 6.06. The lowest BCUT2D eigenvalue weighted by Gasteiger charge is -2.34. The number of methoxy groups -OCH3 is 1. The first-order chi connectivity index (χ1) is 20.9. The number of anilines is 1. The van der Waals surface area contributed by atoms with Gasteiger partial charge in [-0.1, -0.05) is 0 Å². The first-order valence-electron chi connectivity index (χ1n) is 15.3. The van der Waals surface area contributed by atoms with Crippen molar-refractivity contribution in [3.8, 4) is 17.1 Å². The molecule has 0 spiro atoms. The molecule has 5 rings (SSSR count). The number of carbonyl (C=O) groups excluding carboxylic acids is 2. The van der Waals surface area contributed by atoms with Gasteiger partial charge in [0, 0.05) is 36.9 Å². The largest absolute Gasteiger partial charge is 0.494 e. The summed E-state index contributed by atoms with van der Waals surface area (Å²) in [6, 6.07) is 6.07. The predicted octanol–water partition coefficient (Wildman–Crippen LogP) is 5.01. The van der Waals surface area contributed by atoms with E-state index in [0.717, 1.165) is 18.7 Å². The molecule has 44 heavy (non-hydrogen) atoms. The predicted molar refractivity (Wildman–Crippen MR) is 166 cm³/mol. The number of nitrogens with zero attached hydrogens (tertiary/aromatic N) is 5. The van der Waals surface area contributed by atoms with Crippen LogP contribution in [-0.4, -0.2) is 88.6 Å². The number of pyridine rings is 1. The van der Waals surface area contributed by atoms with E-state index < -0.39 is 29.5 Å². The lowest BCUT2D eigenvalue weighted by molar-refractivity contribution is -0.0468. The van der Waals surface area contributed by atoms with Crippen molar-refractivity contribution in [3.05, 3.63) is 35.8 Å². The zero-order valence-corrected chi connectivity index (χ0v) is 26.6.